The largest absolute Gasteiger partial charge is 0.391 e. The maximum Gasteiger partial charge on any atom is 0.124 e. The van der Waals surface area contributed by atoms with Crippen LogP contribution in [0.2, 0.25) is 0 Å². The monoisotopic (exact) mass is 357 g/mol. The summed E-state index contributed by atoms with van der Waals surface area (Å²) in [5, 5.41) is 10.9. The Kier molecular flexibility index (Phi) is 5.81. The topological polar surface area (TPSA) is 23.5 Å². The smallest absolute Gasteiger partial charge is 0.124 e. The Morgan fingerprint density at radius 1 is 1.29 bits per heavy atom. The van der Waals surface area contributed by atoms with E-state index >= 15 is 0 Å². The van der Waals surface area contributed by atoms with Gasteiger partial charge in [0.25, 0.3) is 0 Å². The van der Waals surface area contributed by atoms with Crippen molar-refractivity contribution in [2.24, 2.45) is 0 Å². The summed E-state index contributed by atoms with van der Waals surface area (Å²) >= 11 is 3.40. The zero-order valence-electron chi connectivity index (χ0n) is 12.9. The van der Waals surface area contributed by atoms with E-state index in [9.17, 15) is 9.50 Å². The van der Waals surface area contributed by atoms with Gasteiger partial charge in [0.05, 0.1) is 6.10 Å². The van der Waals surface area contributed by atoms with E-state index in [4.69, 9.17) is 0 Å². The molecule has 0 bridgehead atoms. The molecule has 1 N–H and O–H groups in total. The molecule has 0 radical (unpaired) electrons. The Morgan fingerprint density at radius 2 is 1.90 bits per heavy atom. The Morgan fingerprint density at radius 3 is 2.43 bits per heavy atom. The minimum atomic E-state index is -0.438. The quantitative estimate of drug-likeness (QED) is 0.826. The minimum Gasteiger partial charge on any atom is -0.391 e. The Hall–Kier alpha value is -0.450. The maximum absolute atomic E-state index is 13.2. The number of nitrogens with zero attached hydrogens (tertiary/aromatic N) is 1. The predicted molar refractivity (Wildman–Crippen MR) is 87.9 cm³/mol. The van der Waals surface area contributed by atoms with Gasteiger partial charge < -0.3 is 5.11 Å². The molecular weight excluding hydrogens is 333 g/mol. The lowest BCUT2D eigenvalue weighted by Gasteiger charge is -2.44. The van der Waals surface area contributed by atoms with Gasteiger partial charge in [0.1, 0.15) is 5.82 Å². The summed E-state index contributed by atoms with van der Waals surface area (Å²) in [6, 6.07) is 4.70. The van der Waals surface area contributed by atoms with E-state index in [1.165, 1.54) is 25.0 Å². The van der Waals surface area contributed by atoms with Crippen LogP contribution in [0.4, 0.5) is 4.39 Å². The van der Waals surface area contributed by atoms with Crippen LogP contribution in [-0.4, -0.2) is 34.7 Å². The van der Waals surface area contributed by atoms with Crippen molar-refractivity contribution in [3.8, 4) is 0 Å². The lowest BCUT2D eigenvalue weighted by molar-refractivity contribution is -0.0270. The van der Waals surface area contributed by atoms with Crippen LogP contribution < -0.4 is 0 Å². The molecule has 0 aliphatic carbocycles. The summed E-state index contributed by atoms with van der Waals surface area (Å²) in [5.41, 5.74) is 0.805. The molecule has 2 nitrogen and oxygen atoms in total. The summed E-state index contributed by atoms with van der Waals surface area (Å²) in [7, 11) is 0. The average Bonchev–Trinajstić information content (AvgIpc) is 2.99. The first-order chi connectivity index (χ1) is 10.0. The normalized spacial score (nSPS) is 18.1. The fraction of sp³-hybridized carbons (Fsp3) is 0.647. The highest BCUT2D eigenvalue weighted by molar-refractivity contribution is 9.10. The Labute approximate surface area is 135 Å². The molecule has 0 spiro atoms. The molecule has 21 heavy (non-hydrogen) atoms. The molecule has 4 heteroatoms. The van der Waals surface area contributed by atoms with Gasteiger partial charge in [-0.1, -0.05) is 35.8 Å². The fourth-order valence-corrected chi connectivity index (χ4v) is 4.14. The lowest BCUT2D eigenvalue weighted by atomic mass is 9.82. The van der Waals surface area contributed by atoms with Crippen LogP contribution in [0.25, 0.3) is 0 Å². The number of benzene rings is 1. The van der Waals surface area contributed by atoms with Gasteiger partial charge in [0, 0.05) is 16.4 Å². The van der Waals surface area contributed by atoms with E-state index in [0.29, 0.717) is 6.42 Å². The van der Waals surface area contributed by atoms with E-state index < -0.39 is 6.10 Å². The van der Waals surface area contributed by atoms with Crippen LogP contribution in [0, 0.1) is 5.82 Å². The van der Waals surface area contributed by atoms with Gasteiger partial charge in [-0.15, -0.1) is 0 Å². The standard InChI is InChI=1S/C17H25BrFNO/c1-3-17(4-2,20-9-5-6-10-20)16(21)11-13-7-8-14(19)12-15(13)18/h7-8,12,16,21H,3-6,9-11H2,1-2H3. The second-order valence-electron chi connectivity index (χ2n) is 5.96. The highest BCUT2D eigenvalue weighted by Crippen LogP contribution is 2.34. The SMILES string of the molecule is CCC(CC)(C(O)Cc1ccc(F)cc1Br)N1CCCC1. The van der Waals surface area contributed by atoms with Crippen molar-refractivity contribution in [2.45, 2.75) is 57.6 Å². The van der Waals surface area contributed by atoms with Gasteiger partial charge in [0.15, 0.2) is 0 Å². The second kappa shape index (κ2) is 7.21. The first-order valence-electron chi connectivity index (χ1n) is 7.90. The van der Waals surface area contributed by atoms with Gasteiger partial charge >= 0.3 is 0 Å². The van der Waals surface area contributed by atoms with Crippen molar-refractivity contribution >= 4 is 15.9 Å². The molecule has 1 unspecified atom stereocenters. The van der Waals surface area contributed by atoms with E-state index in [1.807, 2.05) is 0 Å². The summed E-state index contributed by atoms with van der Waals surface area (Å²) in [6.45, 7) is 6.46. The summed E-state index contributed by atoms with van der Waals surface area (Å²) < 4.78 is 13.9. The van der Waals surface area contributed by atoms with Crippen LogP contribution in [0.15, 0.2) is 22.7 Å². The molecule has 1 atom stereocenters. The van der Waals surface area contributed by atoms with Crippen molar-refractivity contribution in [2.75, 3.05) is 13.1 Å². The maximum atomic E-state index is 13.2. The Balaban J connectivity index is 2.20. The number of rotatable bonds is 6. The van der Waals surface area contributed by atoms with E-state index in [0.717, 1.165) is 36.0 Å². The second-order valence-corrected chi connectivity index (χ2v) is 6.81. The molecule has 0 aromatic heterocycles. The number of aliphatic hydroxyl groups excluding tert-OH is 1. The molecule has 1 saturated heterocycles. The van der Waals surface area contributed by atoms with Gasteiger partial charge in [-0.2, -0.15) is 0 Å². The molecule has 118 valence electrons. The summed E-state index contributed by atoms with van der Waals surface area (Å²) in [5.74, 6) is -0.253. The first-order valence-corrected chi connectivity index (χ1v) is 8.70. The summed E-state index contributed by atoms with van der Waals surface area (Å²) in [4.78, 5) is 2.45. The minimum absolute atomic E-state index is 0.162. The van der Waals surface area contributed by atoms with Crippen molar-refractivity contribution in [1.82, 2.24) is 4.90 Å². The zero-order chi connectivity index (χ0) is 15.5. The van der Waals surface area contributed by atoms with Crippen LogP contribution in [0.5, 0.6) is 0 Å². The predicted octanol–water partition coefficient (Wildman–Crippen LogP) is 4.15. The van der Waals surface area contributed by atoms with Crippen LogP contribution in [0.1, 0.15) is 45.1 Å². The molecule has 1 aromatic rings. The molecule has 1 fully saturated rings. The van der Waals surface area contributed by atoms with Crippen molar-refractivity contribution in [3.05, 3.63) is 34.1 Å². The summed E-state index contributed by atoms with van der Waals surface area (Å²) in [6.07, 6.45) is 4.42. The molecular formula is C17H25BrFNO. The number of hydrogen-bond acceptors (Lipinski definition) is 2. The van der Waals surface area contributed by atoms with E-state index in [2.05, 4.69) is 34.7 Å². The van der Waals surface area contributed by atoms with Gasteiger partial charge in [-0.05, 0) is 56.5 Å². The molecule has 1 aliphatic heterocycles. The average molecular weight is 358 g/mol. The van der Waals surface area contributed by atoms with E-state index in [1.54, 1.807) is 6.07 Å². The zero-order valence-corrected chi connectivity index (χ0v) is 14.5. The van der Waals surface area contributed by atoms with Crippen molar-refractivity contribution < 1.29 is 9.50 Å². The highest BCUT2D eigenvalue weighted by Gasteiger charge is 2.41. The molecule has 1 heterocycles. The molecule has 1 aliphatic rings. The number of halogens is 2. The lowest BCUT2D eigenvalue weighted by Crippen LogP contribution is -2.55. The fourth-order valence-electron chi connectivity index (χ4n) is 3.63. The third-order valence-corrected chi connectivity index (χ3v) is 5.75. The third kappa shape index (κ3) is 3.49. The third-order valence-electron chi connectivity index (χ3n) is 5.01. The number of hydrogen-bond donors (Lipinski definition) is 1. The van der Waals surface area contributed by atoms with Gasteiger partial charge in [-0.3, -0.25) is 4.90 Å². The number of likely N-dealkylation sites (tertiary alicyclic amines) is 1. The van der Waals surface area contributed by atoms with Crippen LogP contribution in [0.3, 0.4) is 0 Å². The van der Waals surface area contributed by atoms with E-state index in [-0.39, 0.29) is 11.4 Å². The van der Waals surface area contributed by atoms with Crippen LogP contribution in [-0.2, 0) is 6.42 Å². The van der Waals surface area contributed by atoms with Gasteiger partial charge in [0.2, 0.25) is 0 Å². The Bertz CT molecular complexity index is 470. The highest BCUT2D eigenvalue weighted by atomic mass is 79.9. The van der Waals surface area contributed by atoms with Gasteiger partial charge in [-0.25, -0.2) is 4.39 Å². The van der Waals surface area contributed by atoms with Crippen molar-refractivity contribution in [3.63, 3.8) is 0 Å². The first kappa shape index (κ1) is 16.9. The molecule has 2 rings (SSSR count). The molecule has 0 saturated carbocycles. The van der Waals surface area contributed by atoms with Crippen molar-refractivity contribution in [1.29, 1.82) is 0 Å². The van der Waals surface area contributed by atoms with Crippen LogP contribution >= 0.6 is 15.9 Å². The molecule has 0 amide bonds. The number of aliphatic hydroxyl groups is 1. The molecule has 1 aromatic carbocycles.